The van der Waals surface area contributed by atoms with Crippen LogP contribution in [-0.2, 0) is 0 Å². The van der Waals surface area contributed by atoms with Crippen molar-refractivity contribution in [1.82, 2.24) is 0 Å². The fraction of sp³-hybridized carbons (Fsp3) is 0.733. The molecule has 0 aliphatic heterocycles. The van der Waals surface area contributed by atoms with Gasteiger partial charge < -0.3 is 5.11 Å². The Hall–Kier alpha value is -0.560. The van der Waals surface area contributed by atoms with Gasteiger partial charge >= 0.3 is 0 Å². The van der Waals surface area contributed by atoms with Gasteiger partial charge in [0.05, 0.1) is 5.60 Å². The van der Waals surface area contributed by atoms with Crippen molar-refractivity contribution in [3.8, 4) is 0 Å². The minimum absolute atomic E-state index is 0.274. The zero-order valence-electron chi connectivity index (χ0n) is 11.2. The van der Waals surface area contributed by atoms with Gasteiger partial charge in [0.25, 0.3) is 0 Å². The van der Waals surface area contributed by atoms with E-state index in [-0.39, 0.29) is 5.92 Å². The third kappa shape index (κ3) is 4.52. The van der Waals surface area contributed by atoms with E-state index in [0.717, 1.165) is 12.8 Å². The summed E-state index contributed by atoms with van der Waals surface area (Å²) < 4.78 is 0. The van der Waals surface area contributed by atoms with Gasteiger partial charge in [-0.3, -0.25) is 0 Å². The zero-order chi connectivity index (χ0) is 12.2. The van der Waals surface area contributed by atoms with Crippen LogP contribution in [0.4, 0.5) is 0 Å². The summed E-state index contributed by atoms with van der Waals surface area (Å²) in [5.74, 6) is 0.892. The number of aliphatic hydroxyl groups is 1. The molecule has 0 heterocycles. The van der Waals surface area contributed by atoms with Crippen molar-refractivity contribution in [3.05, 3.63) is 23.8 Å². The summed E-state index contributed by atoms with van der Waals surface area (Å²) >= 11 is 0. The Morgan fingerprint density at radius 3 is 2.56 bits per heavy atom. The first-order valence-electron chi connectivity index (χ1n) is 6.46. The second kappa shape index (κ2) is 5.67. The topological polar surface area (TPSA) is 20.2 Å². The molecule has 0 fully saturated rings. The number of hydrogen-bond acceptors (Lipinski definition) is 1. The van der Waals surface area contributed by atoms with Gasteiger partial charge in [-0.05, 0) is 52.4 Å². The van der Waals surface area contributed by atoms with Gasteiger partial charge in [-0.25, -0.2) is 0 Å². The Balaban J connectivity index is 2.76. The highest BCUT2D eigenvalue weighted by atomic mass is 16.3. The third-order valence-electron chi connectivity index (χ3n) is 3.54. The average Bonchev–Trinajstić information content (AvgIpc) is 2.15. The lowest BCUT2D eigenvalue weighted by Gasteiger charge is -2.27. The van der Waals surface area contributed by atoms with Gasteiger partial charge in [0.2, 0.25) is 0 Å². The summed E-state index contributed by atoms with van der Waals surface area (Å²) in [7, 11) is 0. The van der Waals surface area contributed by atoms with E-state index < -0.39 is 5.60 Å². The van der Waals surface area contributed by atoms with Gasteiger partial charge in [-0.2, -0.15) is 0 Å². The van der Waals surface area contributed by atoms with Crippen LogP contribution >= 0.6 is 0 Å². The van der Waals surface area contributed by atoms with Crippen molar-refractivity contribution in [3.63, 3.8) is 0 Å². The fourth-order valence-electron chi connectivity index (χ4n) is 2.18. The van der Waals surface area contributed by atoms with Crippen molar-refractivity contribution in [2.24, 2.45) is 11.8 Å². The molecule has 92 valence electrons. The molecule has 0 aromatic carbocycles. The molecule has 1 aliphatic carbocycles. The standard InChI is InChI=1S/C15H26O/c1-12-6-5-7-13(2)9-11-14(10-8-12)15(3,4)16/h6,9,11,13-14,16H,5,7-8,10H2,1-4H3/b11-9?,12-6+/t13-,14+/m0/s1. The number of rotatable bonds is 1. The Morgan fingerprint density at radius 2 is 1.94 bits per heavy atom. The smallest absolute Gasteiger partial charge is 0.0654 e. The molecular formula is C15H26O. The van der Waals surface area contributed by atoms with Gasteiger partial charge in [0.1, 0.15) is 0 Å². The van der Waals surface area contributed by atoms with E-state index in [1.165, 1.54) is 18.4 Å². The molecule has 0 spiro atoms. The zero-order valence-corrected chi connectivity index (χ0v) is 11.2. The highest BCUT2D eigenvalue weighted by molar-refractivity contribution is 5.05. The molecule has 0 amide bonds. The third-order valence-corrected chi connectivity index (χ3v) is 3.54. The molecule has 2 atom stereocenters. The molecular weight excluding hydrogens is 196 g/mol. The van der Waals surface area contributed by atoms with Crippen LogP contribution in [0, 0.1) is 11.8 Å². The highest BCUT2D eigenvalue weighted by Crippen LogP contribution is 2.27. The summed E-state index contributed by atoms with van der Waals surface area (Å²) in [6.07, 6.45) is 11.4. The maximum Gasteiger partial charge on any atom is 0.0654 e. The van der Waals surface area contributed by atoms with Crippen molar-refractivity contribution >= 4 is 0 Å². The predicted molar refractivity (Wildman–Crippen MR) is 70.3 cm³/mol. The first-order valence-corrected chi connectivity index (χ1v) is 6.46. The molecule has 0 radical (unpaired) electrons. The maximum atomic E-state index is 10.1. The molecule has 0 aromatic heterocycles. The number of allylic oxidation sites excluding steroid dienone is 3. The van der Waals surface area contributed by atoms with Crippen molar-refractivity contribution in [2.75, 3.05) is 0 Å². The summed E-state index contributed by atoms with van der Waals surface area (Å²) in [5, 5.41) is 10.1. The van der Waals surface area contributed by atoms with Crippen LogP contribution in [-0.4, -0.2) is 10.7 Å². The quantitative estimate of drug-likeness (QED) is 0.663. The van der Waals surface area contributed by atoms with Crippen LogP contribution in [0.5, 0.6) is 0 Å². The summed E-state index contributed by atoms with van der Waals surface area (Å²) in [6, 6.07) is 0. The minimum Gasteiger partial charge on any atom is -0.390 e. The van der Waals surface area contributed by atoms with Gasteiger partial charge in [-0.1, -0.05) is 30.7 Å². The lowest BCUT2D eigenvalue weighted by atomic mass is 9.84. The molecule has 1 N–H and O–H groups in total. The fourth-order valence-corrected chi connectivity index (χ4v) is 2.18. The second-order valence-electron chi connectivity index (χ2n) is 5.79. The molecule has 0 unspecified atom stereocenters. The first-order chi connectivity index (χ1) is 7.39. The second-order valence-corrected chi connectivity index (χ2v) is 5.79. The molecule has 0 saturated carbocycles. The van der Waals surface area contributed by atoms with Gasteiger partial charge in [0, 0.05) is 5.92 Å². The molecule has 1 heteroatoms. The molecule has 0 bridgehead atoms. The van der Waals surface area contributed by atoms with Crippen LogP contribution in [0.15, 0.2) is 23.8 Å². The average molecular weight is 222 g/mol. The van der Waals surface area contributed by atoms with Crippen molar-refractivity contribution in [1.29, 1.82) is 0 Å². The SMILES string of the molecule is C/C1=C\CC[C@H](C)C=C[C@H](C(C)(C)O)CC1. The van der Waals surface area contributed by atoms with E-state index in [1.807, 2.05) is 13.8 Å². The Kier molecular flexibility index (Phi) is 4.79. The Morgan fingerprint density at radius 1 is 1.25 bits per heavy atom. The first kappa shape index (κ1) is 13.5. The lowest BCUT2D eigenvalue weighted by molar-refractivity contribution is 0.0336. The van der Waals surface area contributed by atoms with E-state index in [2.05, 4.69) is 32.1 Å². The monoisotopic (exact) mass is 222 g/mol. The van der Waals surface area contributed by atoms with Gasteiger partial charge in [0.15, 0.2) is 0 Å². The summed E-state index contributed by atoms with van der Waals surface area (Å²) in [6.45, 7) is 8.29. The normalized spacial score (nSPS) is 31.9. The largest absolute Gasteiger partial charge is 0.390 e. The van der Waals surface area contributed by atoms with E-state index in [0.29, 0.717) is 5.92 Å². The highest BCUT2D eigenvalue weighted by Gasteiger charge is 2.24. The molecule has 0 saturated heterocycles. The molecule has 0 aromatic rings. The summed E-state index contributed by atoms with van der Waals surface area (Å²) in [4.78, 5) is 0. The Labute approximate surface area is 100 Å². The maximum absolute atomic E-state index is 10.1. The van der Waals surface area contributed by atoms with E-state index >= 15 is 0 Å². The lowest BCUT2D eigenvalue weighted by Crippen LogP contribution is -2.29. The van der Waals surface area contributed by atoms with Crippen LogP contribution < -0.4 is 0 Å². The van der Waals surface area contributed by atoms with E-state index in [4.69, 9.17) is 0 Å². The van der Waals surface area contributed by atoms with Crippen LogP contribution in [0.25, 0.3) is 0 Å². The molecule has 16 heavy (non-hydrogen) atoms. The minimum atomic E-state index is -0.601. The predicted octanol–water partition coefficient (Wildman–Crippen LogP) is 4.09. The van der Waals surface area contributed by atoms with Crippen LogP contribution in [0.3, 0.4) is 0 Å². The van der Waals surface area contributed by atoms with Crippen LogP contribution in [0.1, 0.15) is 53.4 Å². The summed E-state index contributed by atoms with van der Waals surface area (Å²) in [5.41, 5.74) is 0.868. The van der Waals surface area contributed by atoms with Crippen molar-refractivity contribution in [2.45, 2.75) is 59.0 Å². The molecule has 1 nitrogen and oxygen atoms in total. The number of hydrogen-bond donors (Lipinski definition) is 1. The molecule has 1 rings (SSSR count). The van der Waals surface area contributed by atoms with Crippen molar-refractivity contribution < 1.29 is 5.11 Å². The van der Waals surface area contributed by atoms with E-state index in [1.54, 1.807) is 0 Å². The van der Waals surface area contributed by atoms with Gasteiger partial charge in [-0.15, -0.1) is 0 Å². The van der Waals surface area contributed by atoms with E-state index in [9.17, 15) is 5.11 Å². The molecule has 1 aliphatic rings. The van der Waals surface area contributed by atoms with Crippen LogP contribution in [0.2, 0.25) is 0 Å². The Bertz CT molecular complexity index is 268.